The molecule has 0 radical (unpaired) electrons. The van der Waals surface area contributed by atoms with Crippen molar-refractivity contribution in [1.29, 1.82) is 0 Å². The highest BCUT2D eigenvalue weighted by Crippen LogP contribution is 2.38. The van der Waals surface area contributed by atoms with Crippen molar-refractivity contribution >= 4 is 39.4 Å². The molecule has 0 atom stereocenters. The van der Waals surface area contributed by atoms with Crippen LogP contribution < -0.4 is 15.0 Å². The summed E-state index contributed by atoms with van der Waals surface area (Å²) in [6, 6.07) is 16.7. The van der Waals surface area contributed by atoms with Crippen molar-refractivity contribution in [3.05, 3.63) is 89.7 Å². The van der Waals surface area contributed by atoms with E-state index in [-0.39, 0.29) is 5.91 Å². The maximum atomic E-state index is 12.7. The molecule has 0 saturated heterocycles. The molecule has 150 valence electrons. The Morgan fingerprint density at radius 1 is 1.10 bits per heavy atom. The predicted octanol–water partition coefficient (Wildman–Crippen LogP) is 5.58. The second kappa shape index (κ2) is 8.75. The predicted molar refractivity (Wildman–Crippen MR) is 120 cm³/mol. The van der Waals surface area contributed by atoms with Gasteiger partial charge in [0.2, 0.25) is 0 Å². The fourth-order valence-electron chi connectivity index (χ4n) is 3.06. The largest absolute Gasteiger partial charge is 0.497 e. The summed E-state index contributed by atoms with van der Waals surface area (Å²) in [5, 5.41) is 5.73. The number of nitrogens with one attached hydrogen (secondary N) is 1. The lowest BCUT2D eigenvalue weighted by Gasteiger charge is -2.24. The van der Waals surface area contributed by atoms with Crippen molar-refractivity contribution in [2.45, 2.75) is 6.92 Å². The highest BCUT2D eigenvalue weighted by atomic mass is 32.1. The van der Waals surface area contributed by atoms with Gasteiger partial charge in [-0.15, -0.1) is 11.3 Å². The van der Waals surface area contributed by atoms with Gasteiger partial charge in [0.25, 0.3) is 5.91 Å². The summed E-state index contributed by atoms with van der Waals surface area (Å²) in [5.74, 6) is 0.435. The molecule has 0 saturated carbocycles. The quantitative estimate of drug-likeness (QED) is 0.445. The highest BCUT2D eigenvalue weighted by molar-refractivity contribution is 7.13. The minimum absolute atomic E-state index is 0.203. The number of amides is 1. The standard InChI is InChI=1S/C23H20N4O2S/c1-16-8-9-18(26-22(28)17-5-3-7-20(13-17)29-2)14-21(16)27(23-25-11-12-30-23)19-6-4-10-24-15-19/h3-15H,1-2H3,(H,26,28). The van der Waals surface area contributed by atoms with Crippen LogP contribution in [-0.4, -0.2) is 23.0 Å². The molecule has 0 spiro atoms. The Hall–Kier alpha value is -3.71. The van der Waals surface area contributed by atoms with E-state index in [0.717, 1.165) is 22.1 Å². The number of aromatic nitrogens is 2. The Balaban J connectivity index is 1.69. The van der Waals surface area contributed by atoms with E-state index in [9.17, 15) is 4.79 Å². The van der Waals surface area contributed by atoms with E-state index < -0.39 is 0 Å². The highest BCUT2D eigenvalue weighted by Gasteiger charge is 2.18. The summed E-state index contributed by atoms with van der Waals surface area (Å²) in [4.78, 5) is 23.5. The SMILES string of the molecule is COc1cccc(C(=O)Nc2ccc(C)c(N(c3cccnc3)c3nccs3)c2)c1. The van der Waals surface area contributed by atoms with E-state index in [1.807, 2.05) is 47.5 Å². The molecule has 0 unspecified atom stereocenters. The normalized spacial score (nSPS) is 10.5. The van der Waals surface area contributed by atoms with Gasteiger partial charge in [-0.1, -0.05) is 12.1 Å². The first-order chi connectivity index (χ1) is 14.7. The lowest BCUT2D eigenvalue weighted by molar-refractivity contribution is 0.102. The summed E-state index contributed by atoms with van der Waals surface area (Å²) >= 11 is 1.54. The van der Waals surface area contributed by atoms with Crippen LogP contribution in [0, 0.1) is 6.92 Å². The molecule has 0 aliphatic carbocycles. The number of carbonyl (C=O) groups excluding carboxylic acids is 1. The summed E-state index contributed by atoms with van der Waals surface area (Å²) in [6.07, 6.45) is 5.30. The molecule has 4 aromatic rings. The van der Waals surface area contributed by atoms with E-state index in [2.05, 4.69) is 15.3 Å². The van der Waals surface area contributed by atoms with Crippen LogP contribution in [0.15, 0.2) is 78.6 Å². The van der Waals surface area contributed by atoms with Gasteiger partial charge in [0.15, 0.2) is 5.13 Å². The molecule has 2 aromatic heterocycles. The third-order valence-corrected chi connectivity index (χ3v) is 5.31. The summed E-state index contributed by atoms with van der Waals surface area (Å²) in [7, 11) is 1.58. The molecule has 0 aliphatic heterocycles. The molecule has 2 aromatic carbocycles. The Labute approximate surface area is 178 Å². The Kier molecular flexibility index (Phi) is 5.72. The summed E-state index contributed by atoms with van der Waals surface area (Å²) in [6.45, 7) is 2.03. The van der Waals surface area contributed by atoms with Crippen molar-refractivity contribution in [1.82, 2.24) is 9.97 Å². The minimum atomic E-state index is -0.203. The zero-order valence-electron chi connectivity index (χ0n) is 16.6. The van der Waals surface area contributed by atoms with E-state index in [0.29, 0.717) is 17.0 Å². The molecule has 7 heteroatoms. The molecule has 0 aliphatic rings. The van der Waals surface area contributed by atoms with E-state index in [1.165, 1.54) is 11.3 Å². The Bertz CT molecular complexity index is 1150. The van der Waals surface area contributed by atoms with Gasteiger partial charge in [-0.25, -0.2) is 4.98 Å². The molecular weight excluding hydrogens is 396 g/mol. The van der Waals surface area contributed by atoms with Crippen LogP contribution in [0.25, 0.3) is 0 Å². The average molecular weight is 417 g/mol. The van der Waals surface area contributed by atoms with Gasteiger partial charge in [0, 0.05) is 29.0 Å². The molecule has 4 rings (SSSR count). The van der Waals surface area contributed by atoms with Gasteiger partial charge in [0.1, 0.15) is 5.75 Å². The van der Waals surface area contributed by atoms with Crippen LogP contribution in [0.4, 0.5) is 22.2 Å². The number of nitrogens with zero attached hydrogens (tertiary/aromatic N) is 3. The minimum Gasteiger partial charge on any atom is -0.497 e. The van der Waals surface area contributed by atoms with Crippen LogP contribution in [0.5, 0.6) is 5.75 Å². The number of thiazole rings is 1. The molecular formula is C23H20N4O2S. The van der Waals surface area contributed by atoms with Gasteiger partial charge in [-0.3, -0.25) is 14.7 Å². The molecule has 0 bridgehead atoms. The molecule has 1 N–H and O–H groups in total. The van der Waals surface area contributed by atoms with E-state index in [4.69, 9.17) is 4.74 Å². The summed E-state index contributed by atoms with van der Waals surface area (Å²) < 4.78 is 5.21. The lowest BCUT2D eigenvalue weighted by atomic mass is 10.1. The topological polar surface area (TPSA) is 67.3 Å². The second-order valence-corrected chi connectivity index (χ2v) is 7.42. The molecule has 2 heterocycles. The monoisotopic (exact) mass is 416 g/mol. The van der Waals surface area contributed by atoms with Crippen LogP contribution >= 0.6 is 11.3 Å². The van der Waals surface area contributed by atoms with Crippen LogP contribution in [0.1, 0.15) is 15.9 Å². The number of hydrogen-bond acceptors (Lipinski definition) is 6. The first-order valence-corrected chi connectivity index (χ1v) is 10.2. The van der Waals surface area contributed by atoms with Crippen molar-refractivity contribution in [2.24, 2.45) is 0 Å². The van der Waals surface area contributed by atoms with Crippen molar-refractivity contribution < 1.29 is 9.53 Å². The number of benzene rings is 2. The first kappa shape index (κ1) is 19.6. The maximum Gasteiger partial charge on any atom is 0.255 e. The zero-order valence-corrected chi connectivity index (χ0v) is 17.4. The van der Waals surface area contributed by atoms with Gasteiger partial charge in [-0.05, 0) is 55.0 Å². The number of anilines is 4. The lowest BCUT2D eigenvalue weighted by Crippen LogP contribution is -2.14. The van der Waals surface area contributed by atoms with Crippen molar-refractivity contribution in [3.63, 3.8) is 0 Å². The van der Waals surface area contributed by atoms with Gasteiger partial charge in [0.05, 0.1) is 24.7 Å². The zero-order chi connectivity index (χ0) is 20.9. The number of hydrogen-bond donors (Lipinski definition) is 1. The third kappa shape index (κ3) is 4.16. The number of rotatable bonds is 6. The molecule has 30 heavy (non-hydrogen) atoms. The Morgan fingerprint density at radius 3 is 2.73 bits per heavy atom. The van der Waals surface area contributed by atoms with Crippen LogP contribution in [0.2, 0.25) is 0 Å². The average Bonchev–Trinajstić information content (AvgIpc) is 3.31. The fourth-order valence-corrected chi connectivity index (χ4v) is 3.73. The van der Waals surface area contributed by atoms with E-state index in [1.54, 1.807) is 50.0 Å². The number of pyridine rings is 1. The molecule has 6 nitrogen and oxygen atoms in total. The van der Waals surface area contributed by atoms with Gasteiger partial charge < -0.3 is 10.1 Å². The van der Waals surface area contributed by atoms with Crippen LogP contribution in [0.3, 0.4) is 0 Å². The van der Waals surface area contributed by atoms with E-state index >= 15 is 0 Å². The number of methoxy groups -OCH3 is 1. The second-order valence-electron chi connectivity index (χ2n) is 6.55. The Morgan fingerprint density at radius 2 is 2.00 bits per heavy atom. The van der Waals surface area contributed by atoms with Gasteiger partial charge in [-0.2, -0.15) is 0 Å². The first-order valence-electron chi connectivity index (χ1n) is 9.31. The molecule has 0 fully saturated rings. The smallest absolute Gasteiger partial charge is 0.255 e. The fraction of sp³-hybridized carbons (Fsp3) is 0.0870. The number of ether oxygens (including phenoxy) is 1. The van der Waals surface area contributed by atoms with Crippen LogP contribution in [-0.2, 0) is 0 Å². The van der Waals surface area contributed by atoms with Crippen molar-refractivity contribution in [2.75, 3.05) is 17.3 Å². The number of carbonyl (C=O) groups is 1. The maximum absolute atomic E-state index is 12.7. The summed E-state index contributed by atoms with van der Waals surface area (Å²) in [5.41, 5.74) is 4.08. The molecule has 1 amide bonds. The number of aryl methyl sites for hydroxylation is 1. The van der Waals surface area contributed by atoms with Crippen molar-refractivity contribution in [3.8, 4) is 5.75 Å². The van der Waals surface area contributed by atoms with Gasteiger partial charge >= 0.3 is 0 Å². The third-order valence-electron chi connectivity index (χ3n) is 4.55.